The lowest BCUT2D eigenvalue weighted by atomic mass is 10.1. The average molecular weight is 256 g/mol. The van der Waals surface area contributed by atoms with Crippen molar-refractivity contribution in [1.82, 2.24) is 0 Å². The summed E-state index contributed by atoms with van der Waals surface area (Å²) in [6.45, 7) is 4.10. The number of benzene rings is 2. The van der Waals surface area contributed by atoms with Crippen molar-refractivity contribution in [3.63, 3.8) is 0 Å². The maximum absolute atomic E-state index is 10.6. The number of carboxylic acid groups (broad SMARTS) is 1. The van der Waals surface area contributed by atoms with E-state index in [2.05, 4.69) is 6.92 Å². The maximum Gasteiger partial charge on any atom is 0.307 e. The standard InChI is InChI=1S/C16H16O3/c1-11-3-6-15(9-12(11)2)19-14-7-4-13(5-8-14)10-16(17)18/h3-9H,10H2,1-2H3,(H,17,18). The molecule has 0 saturated heterocycles. The number of ether oxygens (including phenoxy) is 1. The number of rotatable bonds is 4. The summed E-state index contributed by atoms with van der Waals surface area (Å²) in [5.41, 5.74) is 3.17. The van der Waals surface area contributed by atoms with Crippen LogP contribution in [0.25, 0.3) is 0 Å². The van der Waals surface area contributed by atoms with Gasteiger partial charge in [0.05, 0.1) is 6.42 Å². The summed E-state index contributed by atoms with van der Waals surface area (Å²) in [6, 6.07) is 13.0. The Morgan fingerprint density at radius 1 is 1.00 bits per heavy atom. The fourth-order valence-electron chi connectivity index (χ4n) is 1.76. The number of carbonyl (C=O) groups is 1. The van der Waals surface area contributed by atoms with E-state index in [1.165, 1.54) is 11.1 Å². The number of hydrogen-bond donors (Lipinski definition) is 1. The van der Waals surface area contributed by atoms with E-state index >= 15 is 0 Å². The van der Waals surface area contributed by atoms with Crippen LogP contribution in [0.2, 0.25) is 0 Å². The summed E-state index contributed by atoms with van der Waals surface area (Å²) >= 11 is 0. The molecule has 0 aliphatic rings. The van der Waals surface area contributed by atoms with Gasteiger partial charge in [0.2, 0.25) is 0 Å². The third-order valence-corrected chi connectivity index (χ3v) is 2.99. The van der Waals surface area contributed by atoms with Gasteiger partial charge in [-0.2, -0.15) is 0 Å². The van der Waals surface area contributed by atoms with Gasteiger partial charge in [0.15, 0.2) is 0 Å². The highest BCUT2D eigenvalue weighted by atomic mass is 16.5. The van der Waals surface area contributed by atoms with Gasteiger partial charge in [-0.3, -0.25) is 4.79 Å². The van der Waals surface area contributed by atoms with Crippen LogP contribution in [-0.4, -0.2) is 11.1 Å². The fourth-order valence-corrected chi connectivity index (χ4v) is 1.76. The molecule has 0 unspecified atom stereocenters. The smallest absolute Gasteiger partial charge is 0.307 e. The van der Waals surface area contributed by atoms with Gasteiger partial charge in [-0.1, -0.05) is 18.2 Å². The predicted molar refractivity (Wildman–Crippen MR) is 73.8 cm³/mol. The highest BCUT2D eigenvalue weighted by Crippen LogP contribution is 2.24. The second kappa shape index (κ2) is 5.57. The van der Waals surface area contributed by atoms with E-state index in [1.807, 2.05) is 25.1 Å². The van der Waals surface area contributed by atoms with Gasteiger partial charge in [-0.15, -0.1) is 0 Å². The Bertz CT molecular complexity index is 585. The predicted octanol–water partition coefficient (Wildman–Crippen LogP) is 3.72. The van der Waals surface area contributed by atoms with E-state index in [0.717, 1.165) is 11.3 Å². The molecule has 19 heavy (non-hydrogen) atoms. The van der Waals surface area contributed by atoms with Gasteiger partial charge in [0.25, 0.3) is 0 Å². The monoisotopic (exact) mass is 256 g/mol. The van der Waals surface area contributed by atoms with E-state index in [1.54, 1.807) is 24.3 Å². The van der Waals surface area contributed by atoms with Gasteiger partial charge in [-0.25, -0.2) is 0 Å². The molecule has 2 aromatic rings. The van der Waals surface area contributed by atoms with Crippen molar-refractivity contribution in [1.29, 1.82) is 0 Å². The molecular weight excluding hydrogens is 240 g/mol. The third kappa shape index (κ3) is 3.58. The van der Waals surface area contributed by atoms with Crippen LogP contribution in [0.5, 0.6) is 11.5 Å². The normalized spacial score (nSPS) is 10.2. The molecule has 0 atom stereocenters. The zero-order chi connectivity index (χ0) is 13.8. The van der Waals surface area contributed by atoms with Crippen LogP contribution in [0.4, 0.5) is 0 Å². The largest absolute Gasteiger partial charge is 0.481 e. The Labute approximate surface area is 112 Å². The quantitative estimate of drug-likeness (QED) is 0.906. The minimum atomic E-state index is -0.831. The SMILES string of the molecule is Cc1ccc(Oc2ccc(CC(=O)O)cc2)cc1C. The molecule has 98 valence electrons. The van der Waals surface area contributed by atoms with Gasteiger partial charge >= 0.3 is 5.97 Å². The number of hydrogen-bond acceptors (Lipinski definition) is 2. The molecular formula is C16H16O3. The van der Waals surface area contributed by atoms with Gasteiger partial charge in [-0.05, 0) is 54.8 Å². The molecule has 0 radical (unpaired) electrons. The number of carboxylic acids is 1. The number of aliphatic carboxylic acids is 1. The van der Waals surface area contributed by atoms with E-state index in [-0.39, 0.29) is 6.42 Å². The molecule has 0 heterocycles. The third-order valence-electron chi connectivity index (χ3n) is 2.99. The molecule has 0 aliphatic heterocycles. The highest BCUT2D eigenvalue weighted by molar-refractivity contribution is 5.70. The second-order valence-corrected chi connectivity index (χ2v) is 4.56. The zero-order valence-electron chi connectivity index (χ0n) is 11.0. The Hall–Kier alpha value is -2.29. The average Bonchev–Trinajstić information content (AvgIpc) is 2.36. The van der Waals surface area contributed by atoms with Crippen molar-refractivity contribution < 1.29 is 14.6 Å². The van der Waals surface area contributed by atoms with Gasteiger partial charge in [0, 0.05) is 0 Å². The first-order valence-electron chi connectivity index (χ1n) is 6.10. The van der Waals surface area contributed by atoms with Crippen molar-refractivity contribution in [3.8, 4) is 11.5 Å². The number of aryl methyl sites for hydroxylation is 2. The molecule has 0 amide bonds. The topological polar surface area (TPSA) is 46.5 Å². The van der Waals surface area contributed by atoms with Crippen molar-refractivity contribution in [2.45, 2.75) is 20.3 Å². The van der Waals surface area contributed by atoms with Crippen LogP contribution >= 0.6 is 0 Å². The minimum absolute atomic E-state index is 0.0317. The van der Waals surface area contributed by atoms with Crippen molar-refractivity contribution in [2.24, 2.45) is 0 Å². The zero-order valence-corrected chi connectivity index (χ0v) is 11.0. The van der Waals surface area contributed by atoms with Crippen LogP contribution in [-0.2, 0) is 11.2 Å². The summed E-state index contributed by atoms with van der Waals surface area (Å²) in [4.78, 5) is 10.6. The summed E-state index contributed by atoms with van der Waals surface area (Å²) in [5.74, 6) is 0.661. The molecule has 0 aromatic heterocycles. The Kier molecular flexibility index (Phi) is 3.85. The molecule has 2 aromatic carbocycles. The summed E-state index contributed by atoms with van der Waals surface area (Å²) < 4.78 is 5.73. The van der Waals surface area contributed by atoms with Crippen LogP contribution < -0.4 is 4.74 Å². The Balaban J connectivity index is 2.10. The van der Waals surface area contributed by atoms with Crippen LogP contribution in [0.1, 0.15) is 16.7 Å². The van der Waals surface area contributed by atoms with Crippen LogP contribution in [0, 0.1) is 13.8 Å². The molecule has 1 N–H and O–H groups in total. The van der Waals surface area contributed by atoms with E-state index in [4.69, 9.17) is 9.84 Å². The van der Waals surface area contributed by atoms with Crippen molar-refractivity contribution in [2.75, 3.05) is 0 Å². The summed E-state index contributed by atoms with van der Waals surface area (Å²) in [6.07, 6.45) is 0.0317. The van der Waals surface area contributed by atoms with Crippen molar-refractivity contribution in [3.05, 3.63) is 59.2 Å². The second-order valence-electron chi connectivity index (χ2n) is 4.56. The fraction of sp³-hybridized carbons (Fsp3) is 0.188. The Morgan fingerprint density at radius 2 is 1.63 bits per heavy atom. The molecule has 2 rings (SSSR count). The first kappa shape index (κ1) is 13.1. The first-order chi connectivity index (χ1) is 9.04. The highest BCUT2D eigenvalue weighted by Gasteiger charge is 2.02. The molecule has 0 bridgehead atoms. The minimum Gasteiger partial charge on any atom is -0.481 e. The Morgan fingerprint density at radius 3 is 2.21 bits per heavy atom. The lowest BCUT2D eigenvalue weighted by Gasteiger charge is -2.08. The molecule has 0 aliphatic carbocycles. The van der Waals surface area contributed by atoms with Crippen LogP contribution in [0.15, 0.2) is 42.5 Å². The van der Waals surface area contributed by atoms with Crippen molar-refractivity contribution >= 4 is 5.97 Å². The molecule has 3 nitrogen and oxygen atoms in total. The first-order valence-corrected chi connectivity index (χ1v) is 6.10. The van der Waals surface area contributed by atoms with Gasteiger partial charge < -0.3 is 9.84 Å². The van der Waals surface area contributed by atoms with E-state index in [9.17, 15) is 4.79 Å². The molecule has 0 saturated carbocycles. The molecule has 0 spiro atoms. The summed E-state index contributed by atoms with van der Waals surface area (Å²) in [5, 5.41) is 8.70. The van der Waals surface area contributed by atoms with E-state index < -0.39 is 5.97 Å². The lowest BCUT2D eigenvalue weighted by molar-refractivity contribution is -0.136. The van der Waals surface area contributed by atoms with E-state index in [0.29, 0.717) is 5.75 Å². The summed E-state index contributed by atoms with van der Waals surface area (Å²) in [7, 11) is 0. The molecule has 3 heteroatoms. The maximum atomic E-state index is 10.6. The molecule has 0 fully saturated rings. The lowest BCUT2D eigenvalue weighted by Crippen LogP contribution is -1.99. The van der Waals surface area contributed by atoms with Crippen LogP contribution in [0.3, 0.4) is 0 Å². The van der Waals surface area contributed by atoms with Gasteiger partial charge in [0.1, 0.15) is 11.5 Å².